The highest BCUT2D eigenvalue weighted by Gasteiger charge is 2.43. The number of aliphatic hydroxyl groups excluding tert-OH is 1. The van der Waals surface area contributed by atoms with Gasteiger partial charge in [0.15, 0.2) is 0 Å². The Morgan fingerprint density at radius 1 is 1.12 bits per heavy atom. The van der Waals surface area contributed by atoms with Crippen molar-refractivity contribution >= 4 is 29.0 Å². The summed E-state index contributed by atoms with van der Waals surface area (Å²) in [6.45, 7) is 11.8. The fourth-order valence-corrected chi connectivity index (χ4v) is 4.36. The van der Waals surface area contributed by atoms with Crippen molar-refractivity contribution in [1.82, 2.24) is 9.88 Å². The molecule has 2 aromatic rings. The summed E-state index contributed by atoms with van der Waals surface area (Å²) in [4.78, 5) is 31.5. The lowest BCUT2D eigenvalue weighted by atomic mass is 9.90. The quantitative estimate of drug-likeness (QED) is 0.402. The van der Waals surface area contributed by atoms with Crippen molar-refractivity contribution in [3.05, 3.63) is 29.8 Å². The maximum atomic E-state index is 12.9. The fraction of sp³-hybridized carbons (Fsp3) is 0.567. The lowest BCUT2D eigenvalue weighted by Gasteiger charge is -2.27. The number of methoxy groups -OCH3 is 2. The number of rotatable bonds is 10. The molecule has 0 saturated carbocycles. The first-order chi connectivity index (χ1) is 18.8. The Labute approximate surface area is 236 Å². The number of aromatic nitrogens is 1. The maximum Gasteiger partial charge on any atom is 0.411 e. The number of fused-ring (bicyclic) bond motifs is 1. The summed E-state index contributed by atoms with van der Waals surface area (Å²) in [5, 5.41) is 10.3. The van der Waals surface area contributed by atoms with E-state index in [-0.39, 0.29) is 25.0 Å². The van der Waals surface area contributed by atoms with Crippen LogP contribution in [0.5, 0.6) is 17.4 Å². The van der Waals surface area contributed by atoms with E-state index in [2.05, 4.69) is 4.98 Å². The molecule has 1 aromatic heterocycles. The number of hydrogen-bond acceptors (Lipinski definition) is 9. The van der Waals surface area contributed by atoms with E-state index in [4.69, 9.17) is 23.7 Å². The molecular formula is C30H42N2O8. The smallest absolute Gasteiger partial charge is 0.411 e. The molecule has 1 aromatic carbocycles. The largest absolute Gasteiger partial charge is 0.496 e. The molecule has 0 unspecified atom stereocenters. The standard InChI is InChI=1S/C30H42N2O8/c1-9-38-26-16-25(39-20-14-23(27(34)37-8)32(17-20)28(35)40-29(2,3)4)21-13-19(11-10-12-30(5,6)18-33)24(36-7)15-22(21)31-26/h10-11,13,15-16,20,23,33H,9,12,14,17-18H2,1-8H3/b11-10+/t20-,23+/m1/s1. The van der Waals surface area contributed by atoms with Crippen LogP contribution in [0, 0.1) is 5.41 Å². The van der Waals surface area contributed by atoms with Crippen LogP contribution in [-0.4, -0.2) is 78.8 Å². The Morgan fingerprint density at radius 3 is 2.45 bits per heavy atom. The molecule has 1 fully saturated rings. The number of ether oxygens (including phenoxy) is 5. The summed E-state index contributed by atoms with van der Waals surface area (Å²) in [5.74, 6) is 0.975. The van der Waals surface area contributed by atoms with Crippen molar-refractivity contribution in [2.24, 2.45) is 5.41 Å². The number of allylic oxidation sites excluding steroid dienone is 1. The first kappa shape index (κ1) is 31.0. The van der Waals surface area contributed by atoms with Crippen molar-refractivity contribution in [2.75, 3.05) is 34.0 Å². The highest BCUT2D eigenvalue weighted by molar-refractivity contribution is 5.90. The third kappa shape index (κ3) is 7.78. The molecule has 0 bridgehead atoms. The molecule has 2 heterocycles. The molecule has 0 spiro atoms. The number of esters is 1. The van der Waals surface area contributed by atoms with Crippen molar-refractivity contribution in [3.8, 4) is 17.4 Å². The highest BCUT2D eigenvalue weighted by atomic mass is 16.6. The van der Waals surface area contributed by atoms with E-state index in [1.807, 2.05) is 45.1 Å². The molecule has 1 saturated heterocycles. The van der Waals surface area contributed by atoms with Gasteiger partial charge in [0.1, 0.15) is 29.2 Å². The van der Waals surface area contributed by atoms with Gasteiger partial charge in [0.2, 0.25) is 5.88 Å². The van der Waals surface area contributed by atoms with Gasteiger partial charge in [-0.25, -0.2) is 14.6 Å². The molecule has 10 nitrogen and oxygen atoms in total. The molecule has 1 aliphatic heterocycles. The van der Waals surface area contributed by atoms with Crippen molar-refractivity contribution < 1.29 is 38.4 Å². The zero-order valence-corrected chi connectivity index (χ0v) is 24.8. The normalized spacial score (nSPS) is 17.8. The molecule has 40 heavy (non-hydrogen) atoms. The van der Waals surface area contributed by atoms with Gasteiger partial charge >= 0.3 is 12.1 Å². The van der Waals surface area contributed by atoms with E-state index in [1.54, 1.807) is 33.9 Å². The predicted octanol–water partition coefficient (Wildman–Crippen LogP) is 4.99. The van der Waals surface area contributed by atoms with Gasteiger partial charge in [-0.15, -0.1) is 0 Å². The summed E-state index contributed by atoms with van der Waals surface area (Å²) >= 11 is 0. The molecule has 1 amide bonds. The fourth-order valence-electron chi connectivity index (χ4n) is 4.36. The van der Waals surface area contributed by atoms with Crippen LogP contribution in [0.3, 0.4) is 0 Å². The predicted molar refractivity (Wildman–Crippen MR) is 152 cm³/mol. The highest BCUT2D eigenvalue weighted by Crippen LogP contribution is 2.36. The third-order valence-corrected chi connectivity index (χ3v) is 6.44. The Balaban J connectivity index is 2.00. The Morgan fingerprint density at radius 2 is 1.85 bits per heavy atom. The van der Waals surface area contributed by atoms with Crippen LogP contribution < -0.4 is 14.2 Å². The van der Waals surface area contributed by atoms with Gasteiger partial charge in [-0.1, -0.05) is 26.0 Å². The van der Waals surface area contributed by atoms with E-state index in [0.29, 0.717) is 35.9 Å². The minimum atomic E-state index is -0.835. The van der Waals surface area contributed by atoms with E-state index in [0.717, 1.165) is 10.9 Å². The van der Waals surface area contributed by atoms with E-state index in [9.17, 15) is 14.7 Å². The van der Waals surface area contributed by atoms with Crippen LogP contribution in [0.2, 0.25) is 0 Å². The summed E-state index contributed by atoms with van der Waals surface area (Å²) < 4.78 is 28.3. The Hall–Kier alpha value is -3.53. The van der Waals surface area contributed by atoms with Crippen LogP contribution in [0.1, 0.15) is 59.9 Å². The summed E-state index contributed by atoms with van der Waals surface area (Å²) in [5.41, 5.74) is 0.451. The minimum absolute atomic E-state index is 0.0720. The number of carbonyl (C=O) groups excluding carboxylic acids is 2. The molecule has 0 radical (unpaired) electrons. The van der Waals surface area contributed by atoms with E-state index < -0.39 is 29.8 Å². The number of aliphatic hydroxyl groups is 1. The molecule has 1 N–H and O–H groups in total. The molecule has 1 aliphatic rings. The van der Waals surface area contributed by atoms with Crippen LogP contribution in [-0.2, 0) is 14.3 Å². The molecule has 220 valence electrons. The van der Waals surface area contributed by atoms with Gasteiger partial charge in [0.05, 0.1) is 32.9 Å². The monoisotopic (exact) mass is 558 g/mol. The number of pyridine rings is 1. The van der Waals surface area contributed by atoms with Gasteiger partial charge < -0.3 is 28.8 Å². The second-order valence-corrected chi connectivity index (χ2v) is 11.6. The maximum absolute atomic E-state index is 12.9. The number of amides is 1. The number of benzene rings is 1. The van der Waals surface area contributed by atoms with Gasteiger partial charge in [-0.2, -0.15) is 0 Å². The number of hydrogen-bond donors (Lipinski definition) is 1. The van der Waals surface area contributed by atoms with Gasteiger partial charge in [-0.05, 0) is 45.6 Å². The molecule has 2 atom stereocenters. The SMILES string of the molecule is CCOc1cc(O[C@@H]2C[C@@H](C(=O)OC)N(C(=O)OC(C)(C)C)C2)c2cc(/C=C/CC(C)(C)CO)c(OC)cc2n1. The summed E-state index contributed by atoms with van der Waals surface area (Å²) in [6, 6.07) is 4.62. The second kappa shape index (κ2) is 12.8. The van der Waals surface area contributed by atoms with Crippen LogP contribution in [0.25, 0.3) is 17.0 Å². The minimum Gasteiger partial charge on any atom is -0.496 e. The Bertz CT molecular complexity index is 1230. The molecule has 3 rings (SSSR count). The Kier molecular flexibility index (Phi) is 9.89. The average molecular weight is 559 g/mol. The topological polar surface area (TPSA) is 117 Å². The molecular weight excluding hydrogens is 516 g/mol. The lowest BCUT2D eigenvalue weighted by molar-refractivity contribution is -0.145. The number of carbonyl (C=O) groups is 2. The zero-order chi connectivity index (χ0) is 29.7. The second-order valence-electron chi connectivity index (χ2n) is 11.6. The number of nitrogens with zero attached hydrogens (tertiary/aromatic N) is 2. The zero-order valence-electron chi connectivity index (χ0n) is 24.8. The molecule has 0 aliphatic carbocycles. The summed E-state index contributed by atoms with van der Waals surface area (Å²) in [7, 11) is 2.88. The van der Waals surface area contributed by atoms with Gasteiger partial charge in [0.25, 0.3) is 0 Å². The summed E-state index contributed by atoms with van der Waals surface area (Å²) in [6.07, 6.45) is 3.74. The van der Waals surface area contributed by atoms with Crippen LogP contribution >= 0.6 is 0 Å². The van der Waals surface area contributed by atoms with E-state index >= 15 is 0 Å². The van der Waals surface area contributed by atoms with Gasteiger partial charge in [0, 0.05) is 36.1 Å². The average Bonchev–Trinajstić information content (AvgIpc) is 3.31. The van der Waals surface area contributed by atoms with Crippen molar-refractivity contribution in [3.63, 3.8) is 0 Å². The first-order valence-corrected chi connectivity index (χ1v) is 13.5. The van der Waals surface area contributed by atoms with Crippen molar-refractivity contribution in [1.29, 1.82) is 0 Å². The van der Waals surface area contributed by atoms with Gasteiger partial charge in [-0.3, -0.25) is 4.90 Å². The van der Waals surface area contributed by atoms with Crippen LogP contribution in [0.4, 0.5) is 4.79 Å². The lowest BCUT2D eigenvalue weighted by Crippen LogP contribution is -2.44. The third-order valence-electron chi connectivity index (χ3n) is 6.44. The van der Waals surface area contributed by atoms with Crippen molar-refractivity contribution in [2.45, 2.75) is 72.1 Å². The van der Waals surface area contributed by atoms with E-state index in [1.165, 1.54) is 12.0 Å². The van der Waals surface area contributed by atoms with Crippen LogP contribution in [0.15, 0.2) is 24.3 Å². The molecule has 10 heteroatoms. The number of likely N-dealkylation sites (tertiary alicyclic amines) is 1. The first-order valence-electron chi connectivity index (χ1n) is 13.5.